The molecule has 7 nitrogen and oxygen atoms in total. The van der Waals surface area contributed by atoms with Gasteiger partial charge in [-0.2, -0.15) is 0 Å². The van der Waals surface area contributed by atoms with Crippen LogP contribution < -0.4 is 21.3 Å². The van der Waals surface area contributed by atoms with Crippen molar-refractivity contribution in [3.63, 3.8) is 0 Å². The number of para-hydroxylation sites is 2. The third-order valence-corrected chi connectivity index (χ3v) is 5.88. The van der Waals surface area contributed by atoms with Crippen LogP contribution in [0.2, 0.25) is 0 Å². The summed E-state index contributed by atoms with van der Waals surface area (Å²) in [5.74, 6) is 0.00525. The highest BCUT2D eigenvalue weighted by Crippen LogP contribution is 2.22. The maximum Gasteiger partial charge on any atom is 0.336 e. The summed E-state index contributed by atoms with van der Waals surface area (Å²) in [5.41, 5.74) is 0.289. The molecule has 0 fully saturated rings. The highest BCUT2D eigenvalue weighted by molar-refractivity contribution is 9.10. The molecule has 2 aromatic carbocycles. The summed E-state index contributed by atoms with van der Waals surface area (Å²) in [6.45, 7) is -0.242. The predicted octanol–water partition coefficient (Wildman–Crippen LogP) is 3.62. The molecule has 0 aliphatic carbocycles. The quantitative estimate of drug-likeness (QED) is 0.467. The van der Waals surface area contributed by atoms with Gasteiger partial charge in [0.1, 0.15) is 17.0 Å². The van der Waals surface area contributed by atoms with Crippen LogP contribution in [0.1, 0.15) is 0 Å². The molecule has 1 N–H and O–H groups in total. The van der Waals surface area contributed by atoms with Crippen molar-refractivity contribution in [1.29, 1.82) is 0 Å². The molecule has 0 saturated heterocycles. The van der Waals surface area contributed by atoms with E-state index in [1.807, 2.05) is 6.07 Å². The molecule has 1 amide bonds. The Morgan fingerprint density at radius 2 is 1.93 bits per heavy atom. The van der Waals surface area contributed by atoms with Gasteiger partial charge in [-0.05, 0) is 41.8 Å². The normalized spacial score (nSPS) is 10.9. The van der Waals surface area contributed by atoms with E-state index < -0.39 is 11.2 Å². The lowest BCUT2D eigenvalue weighted by Gasteiger charge is -2.14. The van der Waals surface area contributed by atoms with Crippen molar-refractivity contribution >= 4 is 49.1 Å². The Kier molecular flexibility index (Phi) is 5.56. The SMILES string of the molecule is COc1ccccc1-n1c(=O)c2sccc2n(CC(=O)Nc2cccc(Br)c2)c1=O. The maximum atomic E-state index is 13.3. The fourth-order valence-electron chi connectivity index (χ4n) is 3.18. The van der Waals surface area contributed by atoms with Gasteiger partial charge in [0, 0.05) is 10.2 Å². The topological polar surface area (TPSA) is 82.3 Å². The van der Waals surface area contributed by atoms with Gasteiger partial charge in [-0.1, -0.05) is 34.1 Å². The lowest BCUT2D eigenvalue weighted by Crippen LogP contribution is -2.40. The number of hydrogen-bond donors (Lipinski definition) is 1. The number of halogens is 1. The molecule has 2 aromatic heterocycles. The summed E-state index contributed by atoms with van der Waals surface area (Å²) in [6.07, 6.45) is 0. The van der Waals surface area contributed by atoms with Crippen LogP contribution in [0.3, 0.4) is 0 Å². The molecule has 30 heavy (non-hydrogen) atoms. The zero-order valence-electron chi connectivity index (χ0n) is 15.8. The molecule has 4 aromatic rings. The second-order valence-corrected chi connectivity index (χ2v) is 8.21. The minimum atomic E-state index is -0.611. The largest absolute Gasteiger partial charge is 0.495 e. The molecule has 0 atom stereocenters. The summed E-state index contributed by atoms with van der Waals surface area (Å²) >= 11 is 4.58. The highest BCUT2D eigenvalue weighted by atomic mass is 79.9. The zero-order chi connectivity index (χ0) is 21.3. The lowest BCUT2D eigenvalue weighted by molar-refractivity contribution is -0.116. The van der Waals surface area contributed by atoms with Crippen molar-refractivity contribution in [2.24, 2.45) is 0 Å². The van der Waals surface area contributed by atoms with Crippen molar-refractivity contribution in [2.75, 3.05) is 12.4 Å². The van der Waals surface area contributed by atoms with E-state index in [0.29, 0.717) is 27.3 Å². The number of nitrogens with zero attached hydrogens (tertiary/aromatic N) is 2. The standard InChI is InChI=1S/C21H16BrN3O4S/c1-29-17-8-3-2-7-15(17)25-20(27)19-16(9-10-30-19)24(21(25)28)12-18(26)23-14-6-4-5-13(22)11-14/h2-11H,12H2,1H3,(H,23,26). The van der Waals surface area contributed by atoms with Gasteiger partial charge in [0.05, 0.1) is 18.3 Å². The number of rotatable bonds is 5. The predicted molar refractivity (Wildman–Crippen MR) is 121 cm³/mol. The van der Waals surface area contributed by atoms with Crippen LogP contribution in [-0.4, -0.2) is 22.2 Å². The minimum Gasteiger partial charge on any atom is -0.495 e. The number of carbonyl (C=O) groups excluding carboxylic acids is 1. The van der Waals surface area contributed by atoms with Gasteiger partial charge in [-0.3, -0.25) is 14.2 Å². The van der Waals surface area contributed by atoms with Crippen LogP contribution in [0.4, 0.5) is 5.69 Å². The zero-order valence-corrected chi connectivity index (χ0v) is 18.2. The van der Waals surface area contributed by atoms with Gasteiger partial charge in [-0.25, -0.2) is 9.36 Å². The first-order chi connectivity index (χ1) is 14.5. The molecule has 4 rings (SSSR count). The average molecular weight is 486 g/mol. The number of ether oxygens (including phenoxy) is 1. The fourth-order valence-corrected chi connectivity index (χ4v) is 4.40. The second kappa shape index (κ2) is 8.29. The van der Waals surface area contributed by atoms with E-state index in [1.165, 1.54) is 23.0 Å². The van der Waals surface area contributed by atoms with Crippen molar-refractivity contribution < 1.29 is 9.53 Å². The third kappa shape index (κ3) is 3.69. The smallest absolute Gasteiger partial charge is 0.336 e. The summed E-state index contributed by atoms with van der Waals surface area (Å²) in [6, 6.07) is 15.6. The number of amides is 1. The third-order valence-electron chi connectivity index (χ3n) is 4.49. The number of fused-ring (bicyclic) bond motifs is 1. The van der Waals surface area contributed by atoms with Crippen LogP contribution in [-0.2, 0) is 11.3 Å². The molecule has 0 aliphatic heterocycles. The van der Waals surface area contributed by atoms with E-state index in [9.17, 15) is 14.4 Å². The van der Waals surface area contributed by atoms with E-state index in [0.717, 1.165) is 9.04 Å². The Bertz CT molecular complexity index is 1370. The van der Waals surface area contributed by atoms with Crippen LogP contribution >= 0.6 is 27.3 Å². The first-order valence-corrected chi connectivity index (χ1v) is 10.6. The van der Waals surface area contributed by atoms with Crippen LogP contribution in [0.25, 0.3) is 15.9 Å². The molecule has 0 saturated carbocycles. The van der Waals surface area contributed by atoms with Crippen molar-refractivity contribution in [3.05, 3.63) is 85.3 Å². The minimum absolute atomic E-state index is 0.242. The molecular formula is C21H16BrN3O4S. The Hall–Kier alpha value is -3.17. The van der Waals surface area contributed by atoms with E-state index in [1.54, 1.807) is 53.9 Å². The molecule has 0 bridgehead atoms. The number of hydrogen-bond acceptors (Lipinski definition) is 5. The molecule has 0 spiro atoms. The van der Waals surface area contributed by atoms with E-state index in [4.69, 9.17) is 4.74 Å². The summed E-state index contributed by atoms with van der Waals surface area (Å²) in [7, 11) is 1.47. The molecule has 0 aliphatic rings. The average Bonchev–Trinajstić information content (AvgIpc) is 3.22. The molecule has 0 unspecified atom stereocenters. The molecule has 0 radical (unpaired) electrons. The number of methoxy groups -OCH3 is 1. The second-order valence-electron chi connectivity index (χ2n) is 6.37. The van der Waals surface area contributed by atoms with Crippen molar-refractivity contribution in [1.82, 2.24) is 9.13 Å². The number of benzene rings is 2. The van der Waals surface area contributed by atoms with E-state index in [-0.39, 0.29) is 12.5 Å². The highest BCUT2D eigenvalue weighted by Gasteiger charge is 2.19. The van der Waals surface area contributed by atoms with E-state index >= 15 is 0 Å². The van der Waals surface area contributed by atoms with Gasteiger partial charge >= 0.3 is 5.69 Å². The summed E-state index contributed by atoms with van der Waals surface area (Å²) < 4.78 is 8.88. The number of nitrogens with one attached hydrogen (secondary N) is 1. The number of carbonyl (C=O) groups is 1. The number of anilines is 1. The van der Waals surface area contributed by atoms with Crippen LogP contribution in [0, 0.1) is 0 Å². The Morgan fingerprint density at radius 1 is 1.13 bits per heavy atom. The Labute approximate surface area is 183 Å². The molecule has 2 heterocycles. The summed E-state index contributed by atoms with van der Waals surface area (Å²) in [4.78, 5) is 39.0. The van der Waals surface area contributed by atoms with Crippen LogP contribution in [0.5, 0.6) is 5.75 Å². The molecule has 152 valence electrons. The number of thiophene rings is 1. The number of aromatic nitrogens is 2. The first kappa shape index (κ1) is 20.1. The van der Waals surface area contributed by atoms with Gasteiger partial charge in [0.15, 0.2) is 0 Å². The molecule has 9 heteroatoms. The van der Waals surface area contributed by atoms with E-state index in [2.05, 4.69) is 21.2 Å². The lowest BCUT2D eigenvalue weighted by atomic mass is 10.3. The van der Waals surface area contributed by atoms with Gasteiger partial charge < -0.3 is 10.1 Å². The maximum absolute atomic E-state index is 13.3. The van der Waals surface area contributed by atoms with Crippen LogP contribution in [0.15, 0.2) is 74.0 Å². The fraction of sp³-hybridized carbons (Fsp3) is 0.0952. The first-order valence-electron chi connectivity index (χ1n) is 8.91. The van der Waals surface area contributed by atoms with Gasteiger partial charge in [0.2, 0.25) is 5.91 Å². The Balaban J connectivity index is 1.82. The van der Waals surface area contributed by atoms with Crippen molar-refractivity contribution in [2.45, 2.75) is 6.54 Å². The summed E-state index contributed by atoms with van der Waals surface area (Å²) in [5, 5.41) is 4.50. The Morgan fingerprint density at radius 3 is 2.70 bits per heavy atom. The van der Waals surface area contributed by atoms with Crippen molar-refractivity contribution in [3.8, 4) is 11.4 Å². The van der Waals surface area contributed by atoms with Gasteiger partial charge in [-0.15, -0.1) is 11.3 Å². The molecular weight excluding hydrogens is 470 g/mol. The monoisotopic (exact) mass is 485 g/mol. The van der Waals surface area contributed by atoms with Gasteiger partial charge in [0.25, 0.3) is 5.56 Å².